The van der Waals surface area contributed by atoms with Crippen molar-refractivity contribution in [1.29, 1.82) is 0 Å². The molecular formula is C14H10ClF4NO. The van der Waals surface area contributed by atoms with Crippen molar-refractivity contribution >= 4 is 17.3 Å². The van der Waals surface area contributed by atoms with E-state index in [9.17, 15) is 17.6 Å². The van der Waals surface area contributed by atoms with Crippen molar-refractivity contribution in [2.75, 3.05) is 5.73 Å². The van der Waals surface area contributed by atoms with Crippen LogP contribution in [0.2, 0.25) is 5.02 Å². The van der Waals surface area contributed by atoms with E-state index in [0.717, 1.165) is 12.1 Å². The SMILES string of the molecule is Nc1ccc(COc2ccc(Cl)c(F)c2)c(C(F)(F)F)c1. The summed E-state index contributed by atoms with van der Waals surface area (Å²) in [6.07, 6.45) is -4.54. The number of rotatable bonds is 3. The van der Waals surface area contributed by atoms with Crippen LogP contribution in [0.4, 0.5) is 23.2 Å². The van der Waals surface area contributed by atoms with Crippen molar-refractivity contribution in [3.63, 3.8) is 0 Å². The molecule has 0 radical (unpaired) electrons. The van der Waals surface area contributed by atoms with Crippen molar-refractivity contribution in [2.45, 2.75) is 12.8 Å². The summed E-state index contributed by atoms with van der Waals surface area (Å²) in [5, 5.41) is -0.0918. The number of nitrogen functional groups attached to an aromatic ring is 1. The summed E-state index contributed by atoms with van der Waals surface area (Å²) >= 11 is 5.51. The molecule has 2 rings (SSSR count). The second kappa shape index (κ2) is 5.81. The highest BCUT2D eigenvalue weighted by Gasteiger charge is 2.33. The number of hydrogen-bond donors (Lipinski definition) is 1. The fraction of sp³-hybridized carbons (Fsp3) is 0.143. The van der Waals surface area contributed by atoms with Crippen LogP contribution in [0, 0.1) is 5.82 Å². The van der Waals surface area contributed by atoms with E-state index in [2.05, 4.69) is 0 Å². The summed E-state index contributed by atoms with van der Waals surface area (Å²) in [6, 6.07) is 7.05. The van der Waals surface area contributed by atoms with Gasteiger partial charge in [0.15, 0.2) is 0 Å². The molecule has 0 unspecified atom stereocenters. The number of halogens is 5. The first-order valence-corrected chi connectivity index (χ1v) is 6.18. The summed E-state index contributed by atoms with van der Waals surface area (Å²) in [6.45, 7) is -0.365. The monoisotopic (exact) mass is 319 g/mol. The van der Waals surface area contributed by atoms with Crippen molar-refractivity contribution in [1.82, 2.24) is 0 Å². The Morgan fingerprint density at radius 3 is 2.43 bits per heavy atom. The Hall–Kier alpha value is -1.95. The zero-order chi connectivity index (χ0) is 15.6. The lowest BCUT2D eigenvalue weighted by Gasteiger charge is -2.14. The van der Waals surface area contributed by atoms with Crippen LogP contribution in [-0.4, -0.2) is 0 Å². The van der Waals surface area contributed by atoms with Gasteiger partial charge in [0.25, 0.3) is 0 Å². The summed E-state index contributed by atoms with van der Waals surface area (Å²) in [4.78, 5) is 0. The lowest BCUT2D eigenvalue weighted by Crippen LogP contribution is -2.11. The molecule has 0 amide bonds. The van der Waals surface area contributed by atoms with Gasteiger partial charge in [0.1, 0.15) is 18.2 Å². The third-order valence-corrected chi connectivity index (χ3v) is 3.03. The minimum Gasteiger partial charge on any atom is -0.489 e. The molecule has 2 N–H and O–H groups in total. The molecule has 0 fully saturated rings. The van der Waals surface area contributed by atoms with Crippen LogP contribution in [-0.2, 0) is 12.8 Å². The fourth-order valence-corrected chi connectivity index (χ4v) is 1.83. The highest BCUT2D eigenvalue weighted by atomic mass is 35.5. The van der Waals surface area contributed by atoms with E-state index in [1.807, 2.05) is 0 Å². The van der Waals surface area contributed by atoms with Gasteiger partial charge < -0.3 is 10.5 Å². The molecule has 0 spiro atoms. The van der Waals surface area contributed by atoms with E-state index in [4.69, 9.17) is 22.1 Å². The molecule has 0 aliphatic rings. The van der Waals surface area contributed by atoms with Crippen LogP contribution >= 0.6 is 11.6 Å². The third-order valence-electron chi connectivity index (χ3n) is 2.72. The van der Waals surface area contributed by atoms with Crippen molar-refractivity contribution < 1.29 is 22.3 Å². The standard InChI is InChI=1S/C14H10ClF4NO/c15-12-4-3-10(6-13(12)16)21-7-8-1-2-9(20)5-11(8)14(17,18)19/h1-6H,7,20H2. The second-order valence-electron chi connectivity index (χ2n) is 4.28. The van der Waals surface area contributed by atoms with Crippen molar-refractivity contribution in [3.8, 4) is 5.75 Å². The molecule has 2 nitrogen and oxygen atoms in total. The number of anilines is 1. The van der Waals surface area contributed by atoms with Crippen molar-refractivity contribution in [2.24, 2.45) is 0 Å². The minimum absolute atomic E-state index is 0.00334. The highest BCUT2D eigenvalue weighted by Crippen LogP contribution is 2.34. The van der Waals surface area contributed by atoms with E-state index in [1.165, 1.54) is 24.3 Å². The Morgan fingerprint density at radius 2 is 1.81 bits per heavy atom. The summed E-state index contributed by atoms with van der Waals surface area (Å²) < 4.78 is 57.0. The van der Waals surface area contributed by atoms with Gasteiger partial charge in [0, 0.05) is 17.3 Å². The molecule has 2 aromatic carbocycles. The van der Waals surface area contributed by atoms with Gasteiger partial charge in [0.2, 0.25) is 0 Å². The molecule has 2 aromatic rings. The Balaban J connectivity index is 2.22. The fourth-order valence-electron chi connectivity index (χ4n) is 1.71. The van der Waals surface area contributed by atoms with E-state index in [0.29, 0.717) is 0 Å². The molecule has 0 atom stereocenters. The maximum Gasteiger partial charge on any atom is 0.416 e. The number of benzene rings is 2. The van der Waals surface area contributed by atoms with Gasteiger partial charge in [0.05, 0.1) is 10.6 Å². The predicted molar refractivity (Wildman–Crippen MR) is 71.6 cm³/mol. The topological polar surface area (TPSA) is 35.2 Å². The molecular weight excluding hydrogens is 310 g/mol. The van der Waals surface area contributed by atoms with Crippen LogP contribution in [0.3, 0.4) is 0 Å². The first kappa shape index (κ1) is 15.4. The normalized spacial score (nSPS) is 11.5. The molecule has 0 bridgehead atoms. The number of nitrogens with two attached hydrogens (primary N) is 1. The number of hydrogen-bond acceptors (Lipinski definition) is 2. The van der Waals surface area contributed by atoms with Gasteiger partial charge in [-0.05, 0) is 24.3 Å². The first-order valence-electron chi connectivity index (χ1n) is 5.81. The minimum atomic E-state index is -4.54. The van der Waals surface area contributed by atoms with Gasteiger partial charge in [-0.1, -0.05) is 17.7 Å². The van der Waals surface area contributed by atoms with Gasteiger partial charge in [-0.3, -0.25) is 0 Å². The lowest BCUT2D eigenvalue weighted by atomic mass is 10.1. The average molecular weight is 320 g/mol. The van der Waals surface area contributed by atoms with Crippen LogP contribution in [0.1, 0.15) is 11.1 Å². The Morgan fingerprint density at radius 1 is 1.10 bits per heavy atom. The maximum absolute atomic E-state index is 13.2. The summed E-state index contributed by atoms with van der Waals surface area (Å²) in [7, 11) is 0. The van der Waals surface area contributed by atoms with E-state index in [-0.39, 0.29) is 28.6 Å². The molecule has 0 aliphatic carbocycles. The zero-order valence-corrected chi connectivity index (χ0v) is 11.3. The van der Waals surface area contributed by atoms with E-state index >= 15 is 0 Å². The summed E-state index contributed by atoms with van der Waals surface area (Å²) in [5.41, 5.74) is 4.40. The largest absolute Gasteiger partial charge is 0.489 e. The van der Waals surface area contributed by atoms with Gasteiger partial charge in [-0.15, -0.1) is 0 Å². The quantitative estimate of drug-likeness (QED) is 0.659. The van der Waals surface area contributed by atoms with Crippen LogP contribution in [0.25, 0.3) is 0 Å². The summed E-state index contributed by atoms with van der Waals surface area (Å²) in [5.74, 6) is -0.621. The molecule has 112 valence electrons. The maximum atomic E-state index is 13.2. The Kier molecular flexibility index (Phi) is 4.27. The number of alkyl halides is 3. The smallest absolute Gasteiger partial charge is 0.416 e. The van der Waals surface area contributed by atoms with Crippen LogP contribution in [0.15, 0.2) is 36.4 Å². The van der Waals surface area contributed by atoms with E-state index < -0.39 is 17.6 Å². The Bertz CT molecular complexity index is 658. The highest BCUT2D eigenvalue weighted by molar-refractivity contribution is 6.30. The first-order chi connectivity index (χ1) is 9.77. The average Bonchev–Trinajstić information content (AvgIpc) is 2.40. The van der Waals surface area contributed by atoms with E-state index in [1.54, 1.807) is 0 Å². The van der Waals surface area contributed by atoms with Gasteiger partial charge in [-0.2, -0.15) is 13.2 Å². The zero-order valence-electron chi connectivity index (χ0n) is 10.5. The molecule has 0 aliphatic heterocycles. The molecule has 0 heterocycles. The van der Waals surface area contributed by atoms with Gasteiger partial charge in [-0.25, -0.2) is 4.39 Å². The van der Waals surface area contributed by atoms with Crippen LogP contribution in [0.5, 0.6) is 5.75 Å². The molecule has 0 saturated carbocycles. The Labute approximate surface area is 123 Å². The molecule has 0 saturated heterocycles. The van der Waals surface area contributed by atoms with Crippen molar-refractivity contribution in [3.05, 3.63) is 58.4 Å². The predicted octanol–water partition coefficient (Wildman–Crippen LogP) is 4.66. The second-order valence-corrected chi connectivity index (χ2v) is 4.69. The van der Waals surface area contributed by atoms with Crippen LogP contribution < -0.4 is 10.5 Å². The lowest BCUT2D eigenvalue weighted by molar-refractivity contribution is -0.138. The molecule has 7 heteroatoms. The molecule has 21 heavy (non-hydrogen) atoms. The van der Waals surface area contributed by atoms with Gasteiger partial charge >= 0.3 is 6.18 Å². The number of ether oxygens (including phenoxy) is 1. The third kappa shape index (κ3) is 3.78. The molecule has 0 aromatic heterocycles.